The minimum absolute atomic E-state index is 0.0338. The number of rotatable bonds is 5. The van der Waals surface area contributed by atoms with Crippen molar-refractivity contribution < 1.29 is 23.1 Å². The maximum atomic E-state index is 11.9. The molecule has 1 rings (SSSR count). The summed E-state index contributed by atoms with van der Waals surface area (Å²) in [6.45, 7) is -0.631. The van der Waals surface area contributed by atoms with Crippen molar-refractivity contribution in [3.63, 3.8) is 0 Å². The van der Waals surface area contributed by atoms with Crippen LogP contribution in [0.4, 0.5) is 13.2 Å². The highest BCUT2D eigenvalue weighted by Gasteiger charge is 2.38. The number of nitrogens with one attached hydrogen (secondary N) is 1. The minimum Gasteiger partial charge on any atom is -0.382 e. The quantitative estimate of drug-likeness (QED) is 0.754. The number of hydrogen-bond acceptors (Lipinski definition) is 4. The molecule has 1 amide bonds. The molecular weight excluding hydrogens is 241 g/mol. The van der Waals surface area contributed by atoms with Crippen LogP contribution in [0.15, 0.2) is 12.7 Å². The monoisotopic (exact) mass is 252 g/mol. The Bertz CT molecular complexity index is 352. The van der Waals surface area contributed by atoms with Gasteiger partial charge in [0.15, 0.2) is 6.10 Å². The third-order valence-electron chi connectivity index (χ3n) is 1.90. The molecule has 2 N–H and O–H groups in total. The molecular formula is C8H11F3N4O2. The molecule has 0 aromatic carbocycles. The van der Waals surface area contributed by atoms with Crippen molar-refractivity contribution in [3.05, 3.63) is 12.7 Å². The molecule has 9 heteroatoms. The summed E-state index contributed by atoms with van der Waals surface area (Å²) in [6, 6.07) is 0. The first-order chi connectivity index (χ1) is 7.89. The summed E-state index contributed by atoms with van der Waals surface area (Å²) in [4.78, 5) is 14.8. The van der Waals surface area contributed by atoms with Gasteiger partial charge in [0.05, 0.1) is 13.1 Å². The molecule has 1 aromatic rings. The zero-order valence-electron chi connectivity index (χ0n) is 8.68. The SMILES string of the molecule is O=C(CCn1cncn1)NCC(O)C(F)(F)F. The number of alkyl halides is 3. The summed E-state index contributed by atoms with van der Waals surface area (Å²) >= 11 is 0. The normalized spacial score (nSPS) is 13.4. The molecule has 0 spiro atoms. The molecule has 1 unspecified atom stereocenters. The zero-order valence-corrected chi connectivity index (χ0v) is 8.68. The van der Waals surface area contributed by atoms with Crippen LogP contribution >= 0.6 is 0 Å². The van der Waals surface area contributed by atoms with E-state index in [0.29, 0.717) is 0 Å². The number of aliphatic hydroxyl groups excluding tert-OH is 1. The average molecular weight is 252 g/mol. The number of carbonyl (C=O) groups excluding carboxylic acids is 1. The fraction of sp³-hybridized carbons (Fsp3) is 0.625. The van der Waals surface area contributed by atoms with Gasteiger partial charge in [0.2, 0.25) is 5.91 Å². The summed E-state index contributed by atoms with van der Waals surface area (Å²) in [5, 5.41) is 14.3. The van der Waals surface area contributed by atoms with Gasteiger partial charge in [-0.1, -0.05) is 0 Å². The Morgan fingerprint density at radius 1 is 1.53 bits per heavy atom. The van der Waals surface area contributed by atoms with Crippen LogP contribution in [0, 0.1) is 0 Å². The van der Waals surface area contributed by atoms with Gasteiger partial charge in [0.25, 0.3) is 0 Å². The van der Waals surface area contributed by atoms with Gasteiger partial charge in [-0.25, -0.2) is 4.98 Å². The number of halogens is 3. The standard InChI is InChI=1S/C8H11F3N4O2/c9-8(10,11)6(16)3-13-7(17)1-2-15-5-12-4-14-15/h4-6,16H,1-3H2,(H,13,17). The molecule has 1 atom stereocenters. The van der Waals surface area contributed by atoms with Crippen LogP contribution in [-0.2, 0) is 11.3 Å². The zero-order chi connectivity index (χ0) is 12.9. The van der Waals surface area contributed by atoms with E-state index in [1.165, 1.54) is 17.3 Å². The van der Waals surface area contributed by atoms with E-state index in [0.717, 1.165) is 0 Å². The number of carbonyl (C=O) groups is 1. The summed E-state index contributed by atoms with van der Waals surface area (Å²) in [5.41, 5.74) is 0. The fourth-order valence-corrected chi connectivity index (χ4v) is 0.979. The lowest BCUT2D eigenvalue weighted by molar-refractivity contribution is -0.201. The van der Waals surface area contributed by atoms with E-state index in [1.807, 2.05) is 5.32 Å². The Balaban J connectivity index is 2.22. The van der Waals surface area contributed by atoms with Gasteiger partial charge in [-0.15, -0.1) is 0 Å². The largest absolute Gasteiger partial charge is 0.416 e. The molecule has 0 bridgehead atoms. The Morgan fingerprint density at radius 3 is 2.76 bits per heavy atom. The van der Waals surface area contributed by atoms with E-state index in [1.54, 1.807) is 0 Å². The van der Waals surface area contributed by atoms with Gasteiger partial charge in [-0.3, -0.25) is 9.48 Å². The molecule has 0 saturated heterocycles. The fourth-order valence-electron chi connectivity index (χ4n) is 0.979. The van der Waals surface area contributed by atoms with Gasteiger partial charge in [0.1, 0.15) is 12.7 Å². The molecule has 17 heavy (non-hydrogen) atoms. The highest BCUT2D eigenvalue weighted by molar-refractivity contribution is 5.75. The summed E-state index contributed by atoms with van der Waals surface area (Å²) in [7, 11) is 0. The van der Waals surface area contributed by atoms with Crippen LogP contribution in [0.5, 0.6) is 0 Å². The van der Waals surface area contributed by atoms with Crippen molar-refractivity contribution in [1.29, 1.82) is 0 Å². The van der Waals surface area contributed by atoms with E-state index in [-0.39, 0.29) is 13.0 Å². The lowest BCUT2D eigenvalue weighted by Gasteiger charge is -2.14. The number of nitrogens with zero attached hydrogens (tertiary/aromatic N) is 3. The van der Waals surface area contributed by atoms with Crippen molar-refractivity contribution >= 4 is 5.91 Å². The van der Waals surface area contributed by atoms with E-state index in [2.05, 4.69) is 10.1 Å². The molecule has 6 nitrogen and oxygen atoms in total. The Labute approximate surface area is 94.5 Å². The number of aliphatic hydroxyl groups is 1. The molecule has 1 aromatic heterocycles. The van der Waals surface area contributed by atoms with Crippen molar-refractivity contribution in [2.75, 3.05) is 6.54 Å². The Hall–Kier alpha value is -1.64. The van der Waals surface area contributed by atoms with Crippen LogP contribution in [0.3, 0.4) is 0 Å². The van der Waals surface area contributed by atoms with Gasteiger partial charge in [-0.2, -0.15) is 18.3 Å². The first kappa shape index (κ1) is 13.4. The number of hydrogen-bond donors (Lipinski definition) is 2. The third kappa shape index (κ3) is 4.81. The average Bonchev–Trinajstić information content (AvgIpc) is 2.74. The molecule has 1 heterocycles. The number of aryl methyl sites for hydroxylation is 1. The Kier molecular flexibility index (Phi) is 4.44. The summed E-state index contributed by atoms with van der Waals surface area (Å²) in [5.74, 6) is -0.594. The maximum absolute atomic E-state index is 11.9. The van der Waals surface area contributed by atoms with Gasteiger partial charge in [-0.05, 0) is 0 Å². The molecule has 96 valence electrons. The van der Waals surface area contributed by atoms with Gasteiger partial charge in [0, 0.05) is 6.42 Å². The second kappa shape index (κ2) is 5.62. The number of aromatic nitrogens is 3. The summed E-state index contributed by atoms with van der Waals surface area (Å²) < 4.78 is 37.0. The lowest BCUT2D eigenvalue weighted by atomic mass is 10.3. The van der Waals surface area contributed by atoms with Crippen LogP contribution in [0.1, 0.15) is 6.42 Å². The van der Waals surface area contributed by atoms with Crippen molar-refractivity contribution in [1.82, 2.24) is 20.1 Å². The number of amides is 1. The van der Waals surface area contributed by atoms with Crippen molar-refractivity contribution in [2.45, 2.75) is 25.2 Å². The van der Waals surface area contributed by atoms with Crippen molar-refractivity contribution in [2.24, 2.45) is 0 Å². The molecule has 0 aliphatic carbocycles. The molecule has 0 fully saturated rings. The lowest BCUT2D eigenvalue weighted by Crippen LogP contribution is -2.40. The Morgan fingerprint density at radius 2 is 2.24 bits per heavy atom. The first-order valence-corrected chi connectivity index (χ1v) is 4.73. The van der Waals surface area contributed by atoms with Crippen molar-refractivity contribution in [3.8, 4) is 0 Å². The van der Waals surface area contributed by atoms with E-state index < -0.39 is 24.7 Å². The van der Waals surface area contributed by atoms with Crippen LogP contribution in [-0.4, -0.2) is 44.6 Å². The second-order valence-electron chi connectivity index (χ2n) is 3.27. The van der Waals surface area contributed by atoms with E-state index in [9.17, 15) is 18.0 Å². The predicted octanol–water partition coefficient (Wildman–Crippen LogP) is -0.292. The van der Waals surface area contributed by atoms with E-state index >= 15 is 0 Å². The molecule has 0 aliphatic heterocycles. The third-order valence-corrected chi connectivity index (χ3v) is 1.90. The van der Waals surface area contributed by atoms with Crippen LogP contribution in [0.2, 0.25) is 0 Å². The highest BCUT2D eigenvalue weighted by Crippen LogP contribution is 2.19. The van der Waals surface area contributed by atoms with Gasteiger partial charge < -0.3 is 10.4 Å². The van der Waals surface area contributed by atoms with Crippen LogP contribution in [0.25, 0.3) is 0 Å². The first-order valence-electron chi connectivity index (χ1n) is 4.73. The predicted molar refractivity (Wildman–Crippen MR) is 49.7 cm³/mol. The molecule has 0 radical (unpaired) electrons. The topological polar surface area (TPSA) is 80.0 Å². The highest BCUT2D eigenvalue weighted by atomic mass is 19.4. The summed E-state index contributed by atoms with van der Waals surface area (Å²) in [6.07, 6.45) is -4.63. The maximum Gasteiger partial charge on any atom is 0.416 e. The van der Waals surface area contributed by atoms with E-state index in [4.69, 9.17) is 5.11 Å². The minimum atomic E-state index is -4.72. The molecule has 0 saturated carbocycles. The smallest absolute Gasteiger partial charge is 0.382 e. The van der Waals surface area contributed by atoms with Gasteiger partial charge >= 0.3 is 6.18 Å². The second-order valence-corrected chi connectivity index (χ2v) is 3.27. The molecule has 0 aliphatic rings. The van der Waals surface area contributed by atoms with Crippen LogP contribution < -0.4 is 5.32 Å².